The van der Waals surface area contributed by atoms with Crippen molar-refractivity contribution in [2.45, 2.75) is 64.8 Å². The number of allylic oxidation sites excluding steroid dienone is 4. The van der Waals surface area contributed by atoms with Crippen molar-refractivity contribution in [1.29, 1.82) is 0 Å². The highest BCUT2D eigenvalue weighted by atomic mass is 16.6. The quantitative estimate of drug-likeness (QED) is 0.281. The predicted octanol–water partition coefficient (Wildman–Crippen LogP) is 2.09. The van der Waals surface area contributed by atoms with E-state index in [-0.39, 0.29) is 23.7 Å². The van der Waals surface area contributed by atoms with E-state index in [0.29, 0.717) is 12.0 Å². The van der Waals surface area contributed by atoms with E-state index >= 15 is 0 Å². The molecule has 0 bridgehead atoms. The Morgan fingerprint density at radius 1 is 1.24 bits per heavy atom. The summed E-state index contributed by atoms with van der Waals surface area (Å²) < 4.78 is 5.21. The lowest BCUT2D eigenvalue weighted by molar-refractivity contribution is -0.184. The number of hydrogen-bond donors (Lipinski definition) is 3. The maximum atomic E-state index is 13.2. The Kier molecular flexibility index (Phi) is 5.67. The lowest BCUT2D eigenvalue weighted by Gasteiger charge is -2.59. The van der Waals surface area contributed by atoms with E-state index < -0.39 is 35.1 Å². The maximum Gasteiger partial charge on any atom is 0.343 e. The summed E-state index contributed by atoms with van der Waals surface area (Å²) >= 11 is 0. The zero-order valence-electron chi connectivity index (χ0n) is 17.6. The lowest BCUT2D eigenvalue weighted by atomic mass is 9.44. The van der Waals surface area contributed by atoms with Gasteiger partial charge in [-0.1, -0.05) is 51.5 Å². The Balaban J connectivity index is 1.97. The Morgan fingerprint density at radius 2 is 1.93 bits per heavy atom. The van der Waals surface area contributed by atoms with Gasteiger partial charge in [0.2, 0.25) is 0 Å². The minimum absolute atomic E-state index is 0.0199. The Hall–Kier alpha value is -1.76. The molecule has 29 heavy (non-hydrogen) atoms. The second-order valence-electron chi connectivity index (χ2n) is 9.62. The number of esters is 1. The average Bonchev–Trinajstić information content (AvgIpc) is 2.93. The van der Waals surface area contributed by atoms with E-state index in [2.05, 4.69) is 13.8 Å². The van der Waals surface area contributed by atoms with Crippen LogP contribution in [-0.2, 0) is 14.3 Å². The molecule has 160 valence electrons. The standard InChI is InChI=1S/C23H32O6/c1-14(24)17(25)8-5-6-9-18(26)16-12-15-13-29-20(27)23(15,28)22(4)11-7-10-21(2,3)19(16)22/h5-6,8-9,12,14,16-17,19,24-25,28H,7,10-11,13H2,1-4H3/b8-5+,9-6+/t14?,16-,17?,19-,22-,23-/m0/s1. The van der Waals surface area contributed by atoms with Crippen LogP contribution in [0.25, 0.3) is 0 Å². The third-order valence-electron chi connectivity index (χ3n) is 7.23. The normalized spacial score (nSPS) is 38.3. The van der Waals surface area contributed by atoms with E-state index in [0.717, 1.165) is 12.8 Å². The van der Waals surface area contributed by atoms with Crippen LogP contribution in [0.2, 0.25) is 0 Å². The van der Waals surface area contributed by atoms with Crippen LogP contribution in [-0.4, -0.2) is 51.5 Å². The molecule has 1 heterocycles. The van der Waals surface area contributed by atoms with E-state index in [1.165, 1.54) is 25.2 Å². The first kappa shape index (κ1) is 21.9. The van der Waals surface area contributed by atoms with Crippen molar-refractivity contribution in [3.63, 3.8) is 0 Å². The minimum atomic E-state index is -1.67. The Bertz CT molecular complexity index is 776. The summed E-state index contributed by atoms with van der Waals surface area (Å²) in [6.07, 6.45) is 8.26. The van der Waals surface area contributed by atoms with E-state index in [9.17, 15) is 24.9 Å². The van der Waals surface area contributed by atoms with Gasteiger partial charge in [-0.15, -0.1) is 0 Å². The van der Waals surface area contributed by atoms with Gasteiger partial charge >= 0.3 is 5.97 Å². The van der Waals surface area contributed by atoms with Crippen molar-refractivity contribution in [3.8, 4) is 0 Å². The molecular weight excluding hydrogens is 372 g/mol. The summed E-state index contributed by atoms with van der Waals surface area (Å²) in [6, 6.07) is 0. The predicted molar refractivity (Wildman–Crippen MR) is 108 cm³/mol. The highest BCUT2D eigenvalue weighted by Gasteiger charge is 2.69. The number of aliphatic hydroxyl groups is 3. The van der Waals surface area contributed by atoms with Gasteiger partial charge in [0.1, 0.15) is 6.61 Å². The number of cyclic esters (lactones) is 1. The third kappa shape index (κ3) is 3.41. The number of ketones is 1. The number of hydrogen-bond acceptors (Lipinski definition) is 6. The van der Waals surface area contributed by atoms with Crippen molar-refractivity contribution in [2.24, 2.45) is 22.7 Å². The molecule has 0 aromatic rings. The molecule has 0 amide bonds. The van der Waals surface area contributed by atoms with Gasteiger partial charge in [0.15, 0.2) is 11.4 Å². The summed E-state index contributed by atoms with van der Waals surface area (Å²) in [5, 5.41) is 30.4. The molecule has 0 spiro atoms. The molecule has 3 N–H and O–H groups in total. The SMILES string of the molecule is CC(O)C(O)/C=C/C=C/C(=O)[C@@H]1C=C2COC(=O)[C@]2(O)[C@@]2(C)CCCC(C)(C)[C@H]12. The third-order valence-corrected chi connectivity index (χ3v) is 7.23. The first-order chi connectivity index (χ1) is 13.4. The fraction of sp³-hybridized carbons (Fsp3) is 0.652. The van der Waals surface area contributed by atoms with Crippen molar-refractivity contribution >= 4 is 11.8 Å². The Labute approximate surface area is 172 Å². The van der Waals surface area contributed by atoms with Crippen LogP contribution in [0.5, 0.6) is 0 Å². The fourth-order valence-electron chi connectivity index (χ4n) is 5.78. The number of carbonyl (C=O) groups is 2. The van der Waals surface area contributed by atoms with Gasteiger partial charge in [-0.3, -0.25) is 4.79 Å². The molecule has 0 aromatic heterocycles. The average molecular weight is 405 g/mol. The summed E-state index contributed by atoms with van der Waals surface area (Å²) in [5.74, 6) is -1.40. The zero-order valence-corrected chi connectivity index (χ0v) is 17.6. The molecular formula is C23H32O6. The smallest absolute Gasteiger partial charge is 0.343 e. The minimum Gasteiger partial charge on any atom is -0.459 e. The molecule has 0 radical (unpaired) electrons. The molecule has 2 fully saturated rings. The van der Waals surface area contributed by atoms with Gasteiger partial charge in [-0.2, -0.15) is 0 Å². The number of rotatable bonds is 5. The highest BCUT2D eigenvalue weighted by Crippen LogP contribution is 2.64. The van der Waals surface area contributed by atoms with E-state index in [1.54, 1.807) is 12.2 Å². The summed E-state index contributed by atoms with van der Waals surface area (Å²) in [4.78, 5) is 25.7. The zero-order chi connectivity index (χ0) is 21.6. The fourth-order valence-corrected chi connectivity index (χ4v) is 5.78. The molecule has 0 aromatic carbocycles. The largest absolute Gasteiger partial charge is 0.459 e. The molecule has 1 aliphatic heterocycles. The van der Waals surface area contributed by atoms with Crippen LogP contribution in [0, 0.1) is 22.7 Å². The second-order valence-corrected chi connectivity index (χ2v) is 9.62. The number of ether oxygens (including phenoxy) is 1. The van der Waals surface area contributed by atoms with Crippen molar-refractivity contribution in [1.82, 2.24) is 0 Å². The van der Waals surface area contributed by atoms with Gasteiger partial charge in [0, 0.05) is 16.9 Å². The van der Waals surface area contributed by atoms with Gasteiger partial charge in [0.25, 0.3) is 0 Å². The van der Waals surface area contributed by atoms with Crippen LogP contribution in [0.1, 0.15) is 47.0 Å². The van der Waals surface area contributed by atoms with Crippen LogP contribution < -0.4 is 0 Å². The van der Waals surface area contributed by atoms with Crippen molar-refractivity contribution in [2.75, 3.05) is 6.61 Å². The summed E-state index contributed by atoms with van der Waals surface area (Å²) in [7, 11) is 0. The van der Waals surface area contributed by atoms with Crippen LogP contribution >= 0.6 is 0 Å². The summed E-state index contributed by atoms with van der Waals surface area (Å²) in [6.45, 7) is 7.62. The van der Waals surface area contributed by atoms with Gasteiger partial charge in [0.05, 0.1) is 12.2 Å². The lowest BCUT2D eigenvalue weighted by Crippen LogP contribution is -2.64. The van der Waals surface area contributed by atoms with Crippen LogP contribution in [0.4, 0.5) is 0 Å². The van der Waals surface area contributed by atoms with Crippen molar-refractivity contribution in [3.05, 3.63) is 36.0 Å². The van der Waals surface area contributed by atoms with Crippen LogP contribution in [0.15, 0.2) is 36.0 Å². The van der Waals surface area contributed by atoms with E-state index in [1.807, 2.05) is 6.92 Å². The molecule has 6 nitrogen and oxygen atoms in total. The maximum absolute atomic E-state index is 13.2. The van der Waals surface area contributed by atoms with Gasteiger partial charge in [-0.25, -0.2) is 4.79 Å². The van der Waals surface area contributed by atoms with Crippen molar-refractivity contribution < 1.29 is 29.6 Å². The molecule has 3 aliphatic rings. The molecule has 3 rings (SSSR count). The molecule has 6 atom stereocenters. The second kappa shape index (κ2) is 7.49. The number of aliphatic hydroxyl groups excluding tert-OH is 2. The van der Waals surface area contributed by atoms with Crippen LogP contribution in [0.3, 0.4) is 0 Å². The number of fused-ring (bicyclic) bond motifs is 3. The van der Waals surface area contributed by atoms with Gasteiger partial charge in [-0.05, 0) is 37.2 Å². The van der Waals surface area contributed by atoms with Gasteiger partial charge < -0.3 is 20.1 Å². The Morgan fingerprint density at radius 3 is 2.59 bits per heavy atom. The topological polar surface area (TPSA) is 104 Å². The summed E-state index contributed by atoms with van der Waals surface area (Å²) in [5.41, 5.74) is -2.19. The molecule has 2 aliphatic carbocycles. The van der Waals surface area contributed by atoms with E-state index in [4.69, 9.17) is 4.74 Å². The highest BCUT2D eigenvalue weighted by molar-refractivity contribution is 5.96. The molecule has 6 heteroatoms. The molecule has 2 unspecified atom stereocenters. The first-order valence-corrected chi connectivity index (χ1v) is 10.3. The first-order valence-electron chi connectivity index (χ1n) is 10.3. The molecule has 1 saturated heterocycles. The monoisotopic (exact) mass is 404 g/mol. The number of carbonyl (C=O) groups excluding carboxylic acids is 2. The molecule has 1 saturated carbocycles.